The van der Waals surface area contributed by atoms with Crippen LogP contribution >= 0.6 is 0 Å². The summed E-state index contributed by atoms with van der Waals surface area (Å²) in [7, 11) is 0. The molecule has 0 bridgehead atoms. The van der Waals surface area contributed by atoms with Crippen LogP contribution in [0.15, 0.2) is 18.5 Å². The Morgan fingerprint density at radius 3 is 3.06 bits per heavy atom. The van der Waals surface area contributed by atoms with Gasteiger partial charge in [-0.2, -0.15) is 5.26 Å². The summed E-state index contributed by atoms with van der Waals surface area (Å²) in [6.07, 6.45) is 4.45. The van der Waals surface area contributed by atoms with Crippen molar-refractivity contribution in [1.29, 1.82) is 5.26 Å². The number of nitrogens with one attached hydrogen (secondary N) is 2. The highest BCUT2D eigenvalue weighted by atomic mass is 16.1. The molecule has 2 N–H and O–H groups in total. The van der Waals surface area contributed by atoms with Gasteiger partial charge < -0.3 is 10.6 Å². The number of hydrogen-bond acceptors (Lipinski definition) is 4. The van der Waals surface area contributed by atoms with E-state index in [9.17, 15) is 4.79 Å². The quantitative estimate of drug-likeness (QED) is 0.800. The molecule has 1 heterocycles. The Morgan fingerprint density at radius 2 is 2.39 bits per heavy atom. The molecule has 0 aromatic carbocycles. The summed E-state index contributed by atoms with van der Waals surface area (Å²) in [5, 5.41) is 14.8. The third-order valence-corrected chi connectivity index (χ3v) is 2.63. The van der Waals surface area contributed by atoms with Gasteiger partial charge in [-0.05, 0) is 19.4 Å². The highest BCUT2D eigenvalue weighted by Gasteiger charge is 2.06. The van der Waals surface area contributed by atoms with Gasteiger partial charge in [-0.25, -0.2) is 0 Å². The summed E-state index contributed by atoms with van der Waals surface area (Å²) < 4.78 is 0. The van der Waals surface area contributed by atoms with E-state index in [1.165, 1.54) is 0 Å². The highest BCUT2D eigenvalue weighted by Crippen LogP contribution is 2.11. The van der Waals surface area contributed by atoms with Gasteiger partial charge in [-0.15, -0.1) is 0 Å². The van der Waals surface area contributed by atoms with E-state index in [1.54, 1.807) is 18.5 Å². The fraction of sp³-hybridized carbons (Fsp3) is 0.462. The first kappa shape index (κ1) is 14.0. The first-order valence-electron chi connectivity index (χ1n) is 6.04. The Kier molecular flexibility index (Phi) is 5.65. The third-order valence-electron chi connectivity index (χ3n) is 2.63. The van der Waals surface area contributed by atoms with Crippen molar-refractivity contribution < 1.29 is 4.79 Å². The van der Waals surface area contributed by atoms with Gasteiger partial charge in [-0.3, -0.25) is 9.78 Å². The summed E-state index contributed by atoms with van der Waals surface area (Å²) in [5.74, 6) is 0.0132. The number of aromatic nitrogens is 1. The van der Waals surface area contributed by atoms with Gasteiger partial charge in [0.05, 0.1) is 17.4 Å². The van der Waals surface area contributed by atoms with Gasteiger partial charge in [0, 0.05) is 25.2 Å². The third kappa shape index (κ3) is 4.42. The minimum atomic E-state index is 0.0132. The second-order valence-electron chi connectivity index (χ2n) is 4.09. The average Bonchev–Trinajstić information content (AvgIpc) is 2.39. The molecule has 0 saturated carbocycles. The number of pyridine rings is 1. The molecule has 18 heavy (non-hydrogen) atoms. The van der Waals surface area contributed by atoms with Crippen molar-refractivity contribution in [3.05, 3.63) is 24.0 Å². The molecule has 0 saturated heterocycles. The Morgan fingerprint density at radius 1 is 1.61 bits per heavy atom. The number of carbonyl (C=O) groups excluding carboxylic acids is 1. The van der Waals surface area contributed by atoms with Gasteiger partial charge in [0.1, 0.15) is 6.07 Å². The molecule has 1 atom stereocenters. The lowest BCUT2D eigenvalue weighted by molar-refractivity contribution is -0.121. The monoisotopic (exact) mass is 246 g/mol. The SMILES string of the molecule is CCC(C)NC(=O)CCNc1cnccc1C#N. The fourth-order valence-corrected chi connectivity index (χ4v) is 1.39. The second kappa shape index (κ2) is 7.28. The molecule has 0 radical (unpaired) electrons. The Labute approximate surface area is 107 Å². The van der Waals surface area contributed by atoms with Crippen LogP contribution in [0.3, 0.4) is 0 Å². The number of rotatable bonds is 6. The molecule has 0 aliphatic carbocycles. The van der Waals surface area contributed by atoms with Crippen molar-refractivity contribution in [3.63, 3.8) is 0 Å². The smallest absolute Gasteiger partial charge is 0.221 e. The number of carbonyl (C=O) groups is 1. The second-order valence-corrected chi connectivity index (χ2v) is 4.09. The summed E-state index contributed by atoms with van der Waals surface area (Å²) in [6.45, 7) is 4.49. The molecule has 1 aromatic rings. The Balaban J connectivity index is 2.38. The molecule has 1 unspecified atom stereocenters. The fourth-order valence-electron chi connectivity index (χ4n) is 1.39. The van der Waals surface area contributed by atoms with Crippen molar-refractivity contribution in [3.8, 4) is 6.07 Å². The van der Waals surface area contributed by atoms with E-state index in [-0.39, 0.29) is 11.9 Å². The molecule has 96 valence electrons. The standard InChI is InChI=1S/C13H18N4O/c1-3-10(2)17-13(18)5-7-16-12-9-15-6-4-11(12)8-14/h4,6,9-10,16H,3,5,7H2,1-2H3,(H,17,18). The first-order chi connectivity index (χ1) is 8.67. The topological polar surface area (TPSA) is 77.8 Å². The van der Waals surface area contributed by atoms with E-state index in [1.807, 2.05) is 13.8 Å². The largest absolute Gasteiger partial charge is 0.382 e. The van der Waals surface area contributed by atoms with Crippen LogP contribution in [-0.4, -0.2) is 23.5 Å². The van der Waals surface area contributed by atoms with Crippen LogP contribution in [0.4, 0.5) is 5.69 Å². The predicted molar refractivity (Wildman–Crippen MR) is 70.0 cm³/mol. The molecular formula is C13H18N4O. The van der Waals surface area contributed by atoms with Crippen LogP contribution in [0.5, 0.6) is 0 Å². The molecule has 1 amide bonds. The Bertz CT molecular complexity index is 439. The van der Waals surface area contributed by atoms with E-state index < -0.39 is 0 Å². The first-order valence-corrected chi connectivity index (χ1v) is 6.04. The number of hydrogen-bond donors (Lipinski definition) is 2. The molecule has 0 aliphatic heterocycles. The zero-order valence-corrected chi connectivity index (χ0v) is 10.7. The van der Waals surface area contributed by atoms with Crippen LogP contribution in [0.2, 0.25) is 0 Å². The van der Waals surface area contributed by atoms with Crippen LogP contribution in [-0.2, 0) is 4.79 Å². The van der Waals surface area contributed by atoms with Gasteiger partial charge in [-0.1, -0.05) is 6.92 Å². The lowest BCUT2D eigenvalue weighted by atomic mass is 10.2. The van der Waals surface area contributed by atoms with Crippen molar-refractivity contribution in [2.45, 2.75) is 32.7 Å². The summed E-state index contributed by atoms with van der Waals surface area (Å²) in [5.41, 5.74) is 1.20. The number of anilines is 1. The van der Waals surface area contributed by atoms with Crippen LogP contribution < -0.4 is 10.6 Å². The maximum Gasteiger partial charge on any atom is 0.221 e. The molecule has 1 rings (SSSR count). The molecular weight excluding hydrogens is 228 g/mol. The van der Waals surface area contributed by atoms with E-state index in [0.717, 1.165) is 6.42 Å². The lowest BCUT2D eigenvalue weighted by Crippen LogP contribution is -2.32. The zero-order valence-electron chi connectivity index (χ0n) is 10.7. The average molecular weight is 246 g/mol. The number of amides is 1. The number of nitriles is 1. The zero-order chi connectivity index (χ0) is 13.4. The molecule has 0 fully saturated rings. The molecule has 1 aromatic heterocycles. The van der Waals surface area contributed by atoms with Crippen molar-refractivity contribution in [1.82, 2.24) is 10.3 Å². The minimum Gasteiger partial charge on any atom is -0.382 e. The highest BCUT2D eigenvalue weighted by molar-refractivity contribution is 5.76. The maximum absolute atomic E-state index is 11.5. The summed E-state index contributed by atoms with van der Waals surface area (Å²) in [6, 6.07) is 3.91. The van der Waals surface area contributed by atoms with Gasteiger partial charge in [0.15, 0.2) is 0 Å². The normalized spacial score (nSPS) is 11.4. The van der Waals surface area contributed by atoms with Crippen molar-refractivity contribution in [2.24, 2.45) is 0 Å². The maximum atomic E-state index is 11.5. The predicted octanol–water partition coefficient (Wildman–Crippen LogP) is 1.67. The van der Waals surface area contributed by atoms with Crippen molar-refractivity contribution >= 4 is 11.6 Å². The van der Waals surface area contributed by atoms with Gasteiger partial charge in [0.2, 0.25) is 5.91 Å². The lowest BCUT2D eigenvalue weighted by Gasteiger charge is -2.12. The summed E-state index contributed by atoms with van der Waals surface area (Å²) >= 11 is 0. The van der Waals surface area contributed by atoms with Crippen LogP contribution in [0.25, 0.3) is 0 Å². The van der Waals surface area contributed by atoms with Gasteiger partial charge in [0.25, 0.3) is 0 Å². The number of nitrogens with zero attached hydrogens (tertiary/aromatic N) is 2. The van der Waals surface area contributed by atoms with E-state index in [0.29, 0.717) is 24.2 Å². The molecule has 5 heteroatoms. The molecule has 0 spiro atoms. The van der Waals surface area contributed by atoms with Crippen LogP contribution in [0.1, 0.15) is 32.3 Å². The molecule has 5 nitrogen and oxygen atoms in total. The van der Waals surface area contributed by atoms with Crippen molar-refractivity contribution in [2.75, 3.05) is 11.9 Å². The van der Waals surface area contributed by atoms with E-state index >= 15 is 0 Å². The van der Waals surface area contributed by atoms with Crippen LogP contribution in [0, 0.1) is 11.3 Å². The van der Waals surface area contributed by atoms with Gasteiger partial charge >= 0.3 is 0 Å². The molecule has 0 aliphatic rings. The van der Waals surface area contributed by atoms with E-state index in [2.05, 4.69) is 21.7 Å². The van der Waals surface area contributed by atoms with E-state index in [4.69, 9.17) is 5.26 Å². The Hall–Kier alpha value is -2.09. The minimum absolute atomic E-state index is 0.0132. The summed E-state index contributed by atoms with van der Waals surface area (Å²) in [4.78, 5) is 15.5.